The summed E-state index contributed by atoms with van der Waals surface area (Å²) in [5.74, 6) is -0.305. The van der Waals surface area contributed by atoms with Crippen molar-refractivity contribution >= 4 is 17.2 Å². The second-order valence-corrected chi connectivity index (χ2v) is 5.25. The van der Waals surface area contributed by atoms with E-state index < -0.39 is 0 Å². The van der Waals surface area contributed by atoms with E-state index in [1.54, 1.807) is 17.0 Å². The van der Waals surface area contributed by atoms with Gasteiger partial charge < -0.3 is 4.90 Å². The molecule has 1 aliphatic rings. The van der Waals surface area contributed by atoms with Crippen molar-refractivity contribution in [1.82, 2.24) is 0 Å². The lowest BCUT2D eigenvalue weighted by molar-refractivity contribution is -0.113. The monoisotopic (exact) mass is 299 g/mol. The van der Waals surface area contributed by atoms with Crippen LogP contribution in [0.1, 0.15) is 24.1 Å². The number of anilines is 1. The van der Waals surface area contributed by atoms with E-state index in [1.807, 2.05) is 61.5 Å². The fraction of sp³-hybridized carbons (Fsp3) is 0.105. The van der Waals surface area contributed by atoms with Crippen LogP contribution in [0, 0.1) is 22.7 Å². The molecule has 2 aromatic carbocycles. The molecule has 4 nitrogen and oxygen atoms in total. The molecule has 0 radical (unpaired) electrons. The van der Waals surface area contributed by atoms with Crippen LogP contribution in [0.25, 0.3) is 5.57 Å². The highest BCUT2D eigenvalue weighted by molar-refractivity contribution is 6.34. The van der Waals surface area contributed by atoms with E-state index in [0.717, 1.165) is 11.3 Å². The number of benzene rings is 2. The third-order valence-corrected chi connectivity index (χ3v) is 4.01. The third kappa shape index (κ3) is 2.27. The first-order chi connectivity index (χ1) is 11.2. The minimum absolute atomic E-state index is 0.148. The second kappa shape index (κ2) is 5.79. The van der Waals surface area contributed by atoms with Crippen LogP contribution in [-0.2, 0) is 4.79 Å². The molecule has 1 unspecified atom stereocenters. The summed E-state index contributed by atoms with van der Waals surface area (Å²) in [5.41, 5.74) is 2.40. The van der Waals surface area contributed by atoms with Crippen molar-refractivity contribution in [3.63, 3.8) is 0 Å². The number of allylic oxidation sites excluding steroid dienone is 1. The van der Waals surface area contributed by atoms with Gasteiger partial charge in [0, 0.05) is 5.56 Å². The average molecular weight is 299 g/mol. The predicted octanol–water partition coefficient (Wildman–Crippen LogP) is 3.60. The Kier molecular flexibility index (Phi) is 3.66. The molecule has 0 aromatic heterocycles. The Morgan fingerprint density at radius 2 is 1.61 bits per heavy atom. The Hall–Kier alpha value is -3.37. The minimum Gasteiger partial charge on any atom is -0.300 e. The predicted molar refractivity (Wildman–Crippen MR) is 86.9 cm³/mol. The largest absolute Gasteiger partial charge is 0.300 e. The molecule has 3 rings (SSSR count). The molecule has 1 heterocycles. The van der Waals surface area contributed by atoms with Crippen LogP contribution in [-0.4, -0.2) is 5.91 Å². The van der Waals surface area contributed by atoms with Crippen molar-refractivity contribution in [1.29, 1.82) is 10.5 Å². The van der Waals surface area contributed by atoms with Crippen LogP contribution in [0.3, 0.4) is 0 Å². The van der Waals surface area contributed by atoms with Gasteiger partial charge in [-0.3, -0.25) is 4.79 Å². The zero-order valence-electron chi connectivity index (χ0n) is 12.5. The number of rotatable bonds is 2. The van der Waals surface area contributed by atoms with Crippen LogP contribution >= 0.6 is 0 Å². The minimum atomic E-state index is -0.305. The molecular formula is C19H13N3O. The van der Waals surface area contributed by atoms with Crippen molar-refractivity contribution in [2.24, 2.45) is 0 Å². The molecule has 110 valence electrons. The first-order valence-corrected chi connectivity index (χ1v) is 7.21. The van der Waals surface area contributed by atoms with Gasteiger partial charge in [-0.1, -0.05) is 48.5 Å². The fourth-order valence-corrected chi connectivity index (χ4v) is 2.88. The first kappa shape index (κ1) is 14.6. The van der Waals surface area contributed by atoms with Crippen LogP contribution < -0.4 is 4.90 Å². The van der Waals surface area contributed by atoms with Gasteiger partial charge in [-0.15, -0.1) is 0 Å². The topological polar surface area (TPSA) is 67.9 Å². The van der Waals surface area contributed by atoms with Gasteiger partial charge in [0.1, 0.15) is 17.7 Å². The van der Waals surface area contributed by atoms with Crippen molar-refractivity contribution in [3.8, 4) is 12.1 Å². The van der Waals surface area contributed by atoms with Crippen LogP contribution in [0.5, 0.6) is 0 Å². The van der Waals surface area contributed by atoms with Gasteiger partial charge in [-0.2, -0.15) is 10.5 Å². The number of hydrogen-bond donors (Lipinski definition) is 0. The number of nitriles is 2. The fourth-order valence-electron chi connectivity index (χ4n) is 2.88. The zero-order valence-corrected chi connectivity index (χ0v) is 12.5. The van der Waals surface area contributed by atoms with E-state index in [0.29, 0.717) is 5.56 Å². The van der Waals surface area contributed by atoms with Crippen molar-refractivity contribution < 1.29 is 4.79 Å². The summed E-state index contributed by atoms with van der Waals surface area (Å²) >= 11 is 0. The van der Waals surface area contributed by atoms with Gasteiger partial charge in [-0.25, -0.2) is 0 Å². The number of amides is 1. The maximum Gasteiger partial charge on any atom is 0.261 e. The number of hydrogen-bond acceptors (Lipinski definition) is 3. The van der Waals surface area contributed by atoms with Gasteiger partial charge in [0.25, 0.3) is 5.91 Å². The lowest BCUT2D eigenvalue weighted by atomic mass is 10.0. The smallest absolute Gasteiger partial charge is 0.261 e. The maximum absolute atomic E-state index is 12.9. The molecule has 0 spiro atoms. The molecule has 2 aromatic rings. The SMILES string of the molecule is CC(c1ccccc1)N1C(=O)C(=C(C#N)C#N)c2ccccc21. The van der Waals surface area contributed by atoms with Gasteiger partial charge in [0.15, 0.2) is 0 Å². The highest BCUT2D eigenvalue weighted by atomic mass is 16.2. The molecule has 0 saturated carbocycles. The summed E-state index contributed by atoms with van der Waals surface area (Å²) in [6.45, 7) is 1.94. The van der Waals surface area contributed by atoms with Crippen LogP contribution in [0.15, 0.2) is 60.2 Å². The Morgan fingerprint density at radius 1 is 1.00 bits per heavy atom. The third-order valence-electron chi connectivity index (χ3n) is 4.01. The molecule has 0 N–H and O–H groups in total. The molecule has 0 bridgehead atoms. The summed E-state index contributed by atoms with van der Waals surface area (Å²) < 4.78 is 0. The molecule has 23 heavy (non-hydrogen) atoms. The van der Waals surface area contributed by atoms with E-state index in [1.165, 1.54) is 0 Å². The average Bonchev–Trinajstić information content (AvgIpc) is 2.89. The highest BCUT2D eigenvalue weighted by Gasteiger charge is 2.37. The summed E-state index contributed by atoms with van der Waals surface area (Å²) in [6.07, 6.45) is 0. The van der Waals surface area contributed by atoms with E-state index in [2.05, 4.69) is 0 Å². The lowest BCUT2D eigenvalue weighted by Crippen LogP contribution is -2.29. The van der Waals surface area contributed by atoms with Crippen molar-refractivity contribution in [3.05, 3.63) is 71.3 Å². The van der Waals surface area contributed by atoms with Gasteiger partial charge in [-0.05, 0) is 18.6 Å². The Balaban J connectivity index is 2.18. The molecular weight excluding hydrogens is 286 g/mol. The lowest BCUT2D eigenvalue weighted by Gasteiger charge is -2.25. The van der Waals surface area contributed by atoms with E-state index in [9.17, 15) is 15.3 Å². The van der Waals surface area contributed by atoms with Crippen LogP contribution in [0.4, 0.5) is 5.69 Å². The number of para-hydroxylation sites is 1. The number of fused-ring (bicyclic) bond motifs is 1. The first-order valence-electron chi connectivity index (χ1n) is 7.21. The molecule has 1 atom stereocenters. The summed E-state index contributed by atoms with van der Waals surface area (Å²) in [6, 6.07) is 20.4. The van der Waals surface area contributed by atoms with Crippen molar-refractivity contribution in [2.45, 2.75) is 13.0 Å². The molecule has 1 aliphatic heterocycles. The van der Waals surface area contributed by atoms with Crippen LogP contribution in [0.2, 0.25) is 0 Å². The summed E-state index contributed by atoms with van der Waals surface area (Å²) in [7, 11) is 0. The Morgan fingerprint density at radius 3 is 2.26 bits per heavy atom. The quantitative estimate of drug-likeness (QED) is 0.628. The standard InChI is InChI=1S/C19H13N3O/c1-13(14-7-3-2-4-8-14)22-17-10-6-5-9-16(17)18(19(22)23)15(11-20)12-21/h2-10,13H,1H3. The molecule has 0 aliphatic carbocycles. The highest BCUT2D eigenvalue weighted by Crippen LogP contribution is 2.42. The van der Waals surface area contributed by atoms with Crippen molar-refractivity contribution in [2.75, 3.05) is 4.90 Å². The maximum atomic E-state index is 12.9. The molecule has 0 saturated heterocycles. The number of carbonyl (C=O) groups is 1. The van der Waals surface area contributed by atoms with E-state index in [4.69, 9.17) is 0 Å². The van der Waals surface area contributed by atoms with E-state index >= 15 is 0 Å². The molecule has 4 heteroatoms. The number of carbonyl (C=O) groups excluding carboxylic acids is 1. The van der Waals surface area contributed by atoms with Gasteiger partial charge >= 0.3 is 0 Å². The summed E-state index contributed by atoms with van der Waals surface area (Å²) in [5, 5.41) is 18.3. The van der Waals surface area contributed by atoms with Gasteiger partial charge in [0.2, 0.25) is 0 Å². The normalized spacial score (nSPS) is 14.0. The summed E-state index contributed by atoms with van der Waals surface area (Å²) in [4.78, 5) is 14.5. The number of nitrogens with zero attached hydrogens (tertiary/aromatic N) is 3. The molecule has 1 amide bonds. The van der Waals surface area contributed by atoms with E-state index in [-0.39, 0.29) is 23.1 Å². The zero-order chi connectivity index (χ0) is 16.4. The molecule has 0 fully saturated rings. The second-order valence-electron chi connectivity index (χ2n) is 5.25. The van der Waals surface area contributed by atoms with Gasteiger partial charge in [0.05, 0.1) is 17.3 Å². The Bertz CT molecular complexity index is 869. The Labute approximate surface area is 134 Å².